The molecule has 0 saturated heterocycles. The molecule has 2 aromatic heterocycles. The summed E-state index contributed by atoms with van der Waals surface area (Å²) >= 11 is 0. The van der Waals surface area contributed by atoms with Crippen LogP contribution in [0.25, 0.3) is 5.82 Å². The first-order chi connectivity index (χ1) is 9.83. The molecule has 0 bridgehead atoms. The van der Waals surface area contributed by atoms with Gasteiger partial charge in [0, 0.05) is 25.1 Å². The molecule has 106 valence electrons. The molecule has 1 N–H and O–H groups in total. The highest BCUT2D eigenvalue weighted by molar-refractivity contribution is 5.56. The maximum atomic E-state index is 4.43. The topological polar surface area (TPSA) is 42.7 Å². The molecule has 0 aliphatic heterocycles. The first-order valence-corrected chi connectivity index (χ1v) is 7.52. The van der Waals surface area contributed by atoms with Gasteiger partial charge in [0.1, 0.15) is 0 Å². The van der Waals surface area contributed by atoms with Gasteiger partial charge in [0.2, 0.25) is 0 Å². The molecule has 0 atom stereocenters. The molecule has 2 aromatic rings. The van der Waals surface area contributed by atoms with Crippen LogP contribution in [0.1, 0.15) is 32.6 Å². The van der Waals surface area contributed by atoms with E-state index in [-0.39, 0.29) is 0 Å². The van der Waals surface area contributed by atoms with Gasteiger partial charge in [0.05, 0.1) is 5.69 Å². The van der Waals surface area contributed by atoms with Crippen LogP contribution < -0.4 is 5.32 Å². The predicted molar refractivity (Wildman–Crippen MR) is 81.0 cm³/mol. The number of anilines is 1. The van der Waals surface area contributed by atoms with E-state index in [9.17, 15) is 0 Å². The monoisotopic (exact) mass is 270 g/mol. The molecule has 1 saturated carbocycles. The first-order valence-electron chi connectivity index (χ1n) is 7.52. The third-order valence-corrected chi connectivity index (χ3v) is 4.22. The van der Waals surface area contributed by atoms with E-state index < -0.39 is 0 Å². The molecule has 0 radical (unpaired) electrons. The lowest BCUT2D eigenvalue weighted by Gasteiger charge is -2.26. The van der Waals surface area contributed by atoms with E-state index in [0.29, 0.717) is 0 Å². The average Bonchev–Trinajstić information content (AvgIpc) is 3.01. The minimum absolute atomic E-state index is 0.789. The molecular weight excluding hydrogens is 248 g/mol. The molecule has 0 amide bonds. The van der Waals surface area contributed by atoms with E-state index in [2.05, 4.69) is 28.4 Å². The Morgan fingerprint density at radius 1 is 1.20 bits per heavy atom. The van der Waals surface area contributed by atoms with Crippen LogP contribution in [0.2, 0.25) is 0 Å². The average molecular weight is 270 g/mol. The van der Waals surface area contributed by atoms with Gasteiger partial charge in [0.25, 0.3) is 0 Å². The van der Waals surface area contributed by atoms with Crippen molar-refractivity contribution in [3.8, 4) is 5.82 Å². The fourth-order valence-electron chi connectivity index (χ4n) is 2.90. The molecule has 1 aliphatic rings. The SMILES string of the molecule is CC1CCC(CNc2cccnc2-n2cccn2)CC1. The molecule has 4 nitrogen and oxygen atoms in total. The van der Waals surface area contributed by atoms with Crippen molar-refractivity contribution in [2.75, 3.05) is 11.9 Å². The van der Waals surface area contributed by atoms with Crippen molar-refractivity contribution in [2.24, 2.45) is 11.8 Å². The zero-order valence-corrected chi connectivity index (χ0v) is 12.0. The second kappa shape index (κ2) is 6.07. The Morgan fingerprint density at radius 2 is 2.05 bits per heavy atom. The Labute approximate surface area is 120 Å². The van der Waals surface area contributed by atoms with Crippen LogP contribution >= 0.6 is 0 Å². The van der Waals surface area contributed by atoms with Gasteiger partial charge < -0.3 is 5.32 Å². The minimum Gasteiger partial charge on any atom is -0.382 e. The van der Waals surface area contributed by atoms with Crippen LogP contribution in [0.15, 0.2) is 36.8 Å². The molecule has 2 heterocycles. The van der Waals surface area contributed by atoms with Gasteiger partial charge >= 0.3 is 0 Å². The van der Waals surface area contributed by atoms with Gasteiger partial charge in [0.15, 0.2) is 5.82 Å². The van der Waals surface area contributed by atoms with Crippen molar-refractivity contribution in [3.05, 3.63) is 36.8 Å². The molecule has 0 aromatic carbocycles. The second-order valence-electron chi connectivity index (χ2n) is 5.83. The van der Waals surface area contributed by atoms with E-state index in [4.69, 9.17) is 0 Å². The molecular formula is C16H22N4. The lowest BCUT2D eigenvalue weighted by Crippen LogP contribution is -2.20. The standard InChI is InChI=1S/C16H22N4/c1-13-5-7-14(8-6-13)12-18-15-4-2-9-17-16(15)20-11-3-10-19-20/h2-4,9-11,13-14,18H,5-8,12H2,1H3. The van der Waals surface area contributed by atoms with E-state index in [1.807, 2.05) is 29.2 Å². The van der Waals surface area contributed by atoms with E-state index in [1.54, 1.807) is 6.20 Å². The third kappa shape index (κ3) is 3.00. The molecule has 3 rings (SSSR count). The van der Waals surface area contributed by atoms with E-state index >= 15 is 0 Å². The van der Waals surface area contributed by atoms with Crippen LogP contribution in [-0.4, -0.2) is 21.3 Å². The summed E-state index contributed by atoms with van der Waals surface area (Å²) in [6, 6.07) is 5.97. The summed E-state index contributed by atoms with van der Waals surface area (Å²) in [4.78, 5) is 4.43. The van der Waals surface area contributed by atoms with Crippen LogP contribution in [0.5, 0.6) is 0 Å². The van der Waals surface area contributed by atoms with Crippen molar-refractivity contribution < 1.29 is 0 Å². The number of aromatic nitrogens is 3. The number of rotatable bonds is 4. The summed E-state index contributed by atoms with van der Waals surface area (Å²) in [6.07, 6.45) is 10.9. The fraction of sp³-hybridized carbons (Fsp3) is 0.500. The first kappa shape index (κ1) is 13.2. The highest BCUT2D eigenvalue weighted by Crippen LogP contribution is 2.28. The lowest BCUT2D eigenvalue weighted by atomic mass is 9.83. The van der Waals surface area contributed by atoms with Crippen LogP contribution in [0.3, 0.4) is 0 Å². The van der Waals surface area contributed by atoms with Gasteiger partial charge in [-0.05, 0) is 42.9 Å². The Balaban J connectivity index is 1.66. The number of nitrogens with zero attached hydrogens (tertiary/aromatic N) is 3. The predicted octanol–water partition coefficient (Wildman–Crippen LogP) is 3.51. The van der Waals surface area contributed by atoms with Gasteiger partial charge in [-0.3, -0.25) is 0 Å². The number of pyridine rings is 1. The normalized spacial score (nSPS) is 22.6. The lowest BCUT2D eigenvalue weighted by molar-refractivity contribution is 0.300. The van der Waals surface area contributed by atoms with Crippen molar-refractivity contribution >= 4 is 5.69 Å². The van der Waals surface area contributed by atoms with E-state index in [0.717, 1.165) is 29.9 Å². The largest absolute Gasteiger partial charge is 0.382 e. The van der Waals surface area contributed by atoms with Crippen LogP contribution in [-0.2, 0) is 0 Å². The smallest absolute Gasteiger partial charge is 0.176 e. The summed E-state index contributed by atoms with van der Waals surface area (Å²) in [6.45, 7) is 3.40. The second-order valence-corrected chi connectivity index (χ2v) is 5.83. The number of hydrogen-bond donors (Lipinski definition) is 1. The Hall–Kier alpha value is -1.84. The summed E-state index contributed by atoms with van der Waals surface area (Å²) in [5.74, 6) is 2.57. The summed E-state index contributed by atoms with van der Waals surface area (Å²) in [5.41, 5.74) is 1.06. The van der Waals surface area contributed by atoms with Gasteiger partial charge in [-0.2, -0.15) is 5.10 Å². The highest BCUT2D eigenvalue weighted by Gasteiger charge is 2.18. The quantitative estimate of drug-likeness (QED) is 0.924. The van der Waals surface area contributed by atoms with Gasteiger partial charge in [-0.25, -0.2) is 9.67 Å². The van der Waals surface area contributed by atoms with Crippen molar-refractivity contribution in [2.45, 2.75) is 32.6 Å². The number of nitrogens with one attached hydrogen (secondary N) is 1. The Morgan fingerprint density at radius 3 is 2.80 bits per heavy atom. The summed E-state index contributed by atoms with van der Waals surface area (Å²) < 4.78 is 1.81. The minimum atomic E-state index is 0.789. The van der Waals surface area contributed by atoms with E-state index in [1.165, 1.54) is 25.7 Å². The fourth-order valence-corrected chi connectivity index (χ4v) is 2.90. The maximum absolute atomic E-state index is 4.43. The van der Waals surface area contributed by atoms with Crippen LogP contribution in [0.4, 0.5) is 5.69 Å². The molecule has 20 heavy (non-hydrogen) atoms. The Kier molecular flexibility index (Phi) is 4.00. The van der Waals surface area contributed by atoms with Crippen molar-refractivity contribution in [3.63, 3.8) is 0 Å². The zero-order valence-electron chi connectivity index (χ0n) is 12.0. The molecule has 0 unspecified atom stereocenters. The summed E-state index contributed by atoms with van der Waals surface area (Å²) in [5, 5.41) is 7.83. The van der Waals surface area contributed by atoms with Crippen molar-refractivity contribution in [1.82, 2.24) is 14.8 Å². The zero-order chi connectivity index (χ0) is 13.8. The molecule has 1 fully saturated rings. The van der Waals surface area contributed by atoms with Gasteiger partial charge in [-0.15, -0.1) is 0 Å². The van der Waals surface area contributed by atoms with Crippen molar-refractivity contribution in [1.29, 1.82) is 0 Å². The van der Waals surface area contributed by atoms with Gasteiger partial charge in [-0.1, -0.05) is 19.8 Å². The molecule has 4 heteroatoms. The third-order valence-electron chi connectivity index (χ3n) is 4.22. The Bertz CT molecular complexity index is 527. The molecule has 0 spiro atoms. The summed E-state index contributed by atoms with van der Waals surface area (Å²) in [7, 11) is 0. The maximum Gasteiger partial charge on any atom is 0.176 e. The van der Waals surface area contributed by atoms with Crippen LogP contribution in [0, 0.1) is 11.8 Å². The highest BCUT2D eigenvalue weighted by atomic mass is 15.3. The molecule has 1 aliphatic carbocycles. The number of hydrogen-bond acceptors (Lipinski definition) is 3.